The van der Waals surface area contributed by atoms with Gasteiger partial charge >= 0.3 is 0 Å². The van der Waals surface area contributed by atoms with Crippen LogP contribution in [0.2, 0.25) is 0 Å². The lowest BCUT2D eigenvalue weighted by molar-refractivity contribution is 0.568. The molecule has 4 rings (SSSR count). The topological polar surface area (TPSA) is 56.6 Å². The van der Waals surface area contributed by atoms with Crippen molar-refractivity contribution < 1.29 is 4.79 Å². The molecule has 3 nitrogen and oxygen atoms in total. The number of aryl methyl sites for hydroxylation is 1. The molecule has 0 fully saturated rings. The number of aromatic nitrogens is 1. The molecule has 1 N–H and O–H groups in total. The molecule has 0 radical (unpaired) electrons. The Hall–Kier alpha value is -3.08. The summed E-state index contributed by atoms with van der Waals surface area (Å²) < 4.78 is 0. The number of carbonyl (C=O) groups excluding carboxylic acids is 1. The molecular weight excluding hydrogens is 308 g/mol. The summed E-state index contributed by atoms with van der Waals surface area (Å²) in [6, 6.07) is 14.1. The number of hydrogen-bond donors (Lipinski definition) is 1. The minimum Gasteiger partial charge on any atom is -0.357 e. The Morgan fingerprint density at radius 2 is 1.96 bits per heavy atom. The Morgan fingerprint density at radius 1 is 1.16 bits per heavy atom. The van der Waals surface area contributed by atoms with Gasteiger partial charge < -0.3 is 4.98 Å². The van der Waals surface area contributed by atoms with E-state index in [-0.39, 0.29) is 5.41 Å². The van der Waals surface area contributed by atoms with Crippen LogP contribution in [0.1, 0.15) is 54.3 Å². The van der Waals surface area contributed by atoms with Gasteiger partial charge in [-0.15, -0.1) is 0 Å². The molecule has 0 aliphatic heterocycles. The molecule has 3 heteroatoms. The Morgan fingerprint density at radius 3 is 2.64 bits per heavy atom. The summed E-state index contributed by atoms with van der Waals surface area (Å²) in [5.74, 6) is 2.19. The van der Waals surface area contributed by atoms with Gasteiger partial charge in [0.25, 0.3) is 0 Å². The van der Waals surface area contributed by atoms with Crippen molar-refractivity contribution in [1.82, 2.24) is 4.98 Å². The summed E-state index contributed by atoms with van der Waals surface area (Å²) in [6.07, 6.45) is 0.923. The summed E-state index contributed by atoms with van der Waals surface area (Å²) in [4.78, 5) is 15.4. The van der Waals surface area contributed by atoms with Gasteiger partial charge in [-0.05, 0) is 35.2 Å². The SMILES string of the molecule is CCc1ccc2c(c1)C(=C=O)c1c([nH]c3cc(C#N)ccc13)C2(C)C. The van der Waals surface area contributed by atoms with Crippen LogP contribution in [0.5, 0.6) is 0 Å². The Balaban J connectivity index is 2.12. The van der Waals surface area contributed by atoms with Gasteiger partial charge in [0, 0.05) is 27.6 Å². The molecule has 1 heterocycles. The molecule has 1 aliphatic carbocycles. The number of hydrogen-bond acceptors (Lipinski definition) is 2. The average Bonchev–Trinajstić information content (AvgIpc) is 3.01. The normalized spacial score (nSPS) is 14.6. The van der Waals surface area contributed by atoms with Crippen molar-refractivity contribution in [2.45, 2.75) is 32.6 Å². The lowest BCUT2D eigenvalue weighted by Crippen LogP contribution is -2.27. The third-order valence-electron chi connectivity index (χ3n) is 5.34. The van der Waals surface area contributed by atoms with Crippen LogP contribution in [-0.2, 0) is 16.6 Å². The second-order valence-corrected chi connectivity index (χ2v) is 7.08. The van der Waals surface area contributed by atoms with Crippen molar-refractivity contribution in [2.24, 2.45) is 0 Å². The van der Waals surface area contributed by atoms with Gasteiger partial charge in [0.15, 0.2) is 0 Å². The van der Waals surface area contributed by atoms with E-state index in [2.05, 4.69) is 56.0 Å². The maximum Gasteiger partial charge on any atom is 0.133 e. The number of nitrogens with zero attached hydrogens (tertiary/aromatic N) is 1. The summed E-state index contributed by atoms with van der Waals surface area (Å²) in [5, 5.41) is 10.1. The maximum absolute atomic E-state index is 11.9. The monoisotopic (exact) mass is 326 g/mol. The number of nitrogens with one attached hydrogen (secondary N) is 1. The highest BCUT2D eigenvalue weighted by atomic mass is 16.1. The summed E-state index contributed by atoms with van der Waals surface area (Å²) >= 11 is 0. The molecule has 2 aromatic carbocycles. The van der Waals surface area contributed by atoms with E-state index in [1.165, 1.54) is 5.56 Å². The van der Waals surface area contributed by atoms with Crippen LogP contribution in [0.4, 0.5) is 0 Å². The van der Waals surface area contributed by atoms with Crippen molar-refractivity contribution >= 4 is 22.4 Å². The van der Waals surface area contributed by atoms with Gasteiger partial charge in [-0.1, -0.05) is 45.0 Å². The predicted molar refractivity (Wildman–Crippen MR) is 99.2 cm³/mol. The third kappa shape index (κ3) is 2.02. The van der Waals surface area contributed by atoms with Crippen LogP contribution < -0.4 is 0 Å². The van der Waals surface area contributed by atoms with E-state index in [0.717, 1.165) is 39.7 Å². The van der Waals surface area contributed by atoms with E-state index in [4.69, 9.17) is 5.26 Å². The standard InChI is InChI=1S/C22H18N2O/c1-4-13-6-8-18-16(9-13)17(12-25)20-15-7-5-14(11-23)10-19(15)24-21(20)22(18,2)3/h5-10,24H,4H2,1-3H3. The lowest BCUT2D eigenvalue weighted by Gasteiger charge is -2.33. The number of fused-ring (bicyclic) bond motifs is 4. The fourth-order valence-corrected chi connectivity index (χ4v) is 3.93. The minimum absolute atomic E-state index is 0.261. The summed E-state index contributed by atoms with van der Waals surface area (Å²) in [5.41, 5.74) is 7.06. The Kier molecular flexibility index (Phi) is 3.22. The van der Waals surface area contributed by atoms with Gasteiger partial charge in [0.2, 0.25) is 0 Å². The molecular formula is C22H18N2O. The fraction of sp³-hybridized carbons (Fsp3) is 0.227. The number of aromatic amines is 1. The molecule has 0 amide bonds. The number of rotatable bonds is 1. The average molecular weight is 326 g/mol. The van der Waals surface area contributed by atoms with Crippen molar-refractivity contribution in [1.29, 1.82) is 5.26 Å². The van der Waals surface area contributed by atoms with Gasteiger partial charge in [-0.3, -0.25) is 0 Å². The van der Waals surface area contributed by atoms with E-state index < -0.39 is 0 Å². The van der Waals surface area contributed by atoms with Gasteiger partial charge in [0.1, 0.15) is 5.94 Å². The molecule has 1 aliphatic rings. The van der Waals surface area contributed by atoms with Gasteiger partial charge in [-0.25, -0.2) is 4.79 Å². The smallest absolute Gasteiger partial charge is 0.133 e. The molecule has 25 heavy (non-hydrogen) atoms. The van der Waals surface area contributed by atoms with Crippen molar-refractivity contribution in [3.05, 3.63) is 69.9 Å². The zero-order valence-electron chi connectivity index (χ0n) is 14.5. The first kappa shape index (κ1) is 15.4. The Bertz CT molecular complexity index is 1120. The van der Waals surface area contributed by atoms with Crippen molar-refractivity contribution in [3.63, 3.8) is 0 Å². The molecule has 1 aromatic heterocycles. The second-order valence-electron chi connectivity index (χ2n) is 7.08. The zero-order chi connectivity index (χ0) is 17.8. The first-order valence-electron chi connectivity index (χ1n) is 8.46. The van der Waals surface area contributed by atoms with Crippen LogP contribution >= 0.6 is 0 Å². The largest absolute Gasteiger partial charge is 0.357 e. The Labute approximate surface area is 146 Å². The zero-order valence-corrected chi connectivity index (χ0v) is 14.5. The van der Waals surface area contributed by atoms with Crippen LogP contribution in [0, 0.1) is 11.3 Å². The van der Waals surface area contributed by atoms with E-state index >= 15 is 0 Å². The van der Waals surface area contributed by atoms with E-state index in [1.54, 1.807) is 6.07 Å². The van der Waals surface area contributed by atoms with Crippen LogP contribution in [-0.4, -0.2) is 10.9 Å². The molecule has 0 atom stereocenters. The van der Waals surface area contributed by atoms with Gasteiger partial charge in [0.05, 0.1) is 17.2 Å². The first-order chi connectivity index (χ1) is 12.0. The van der Waals surface area contributed by atoms with Gasteiger partial charge in [-0.2, -0.15) is 5.26 Å². The lowest BCUT2D eigenvalue weighted by atomic mass is 9.70. The predicted octanol–water partition coefficient (Wildman–Crippen LogP) is 4.50. The van der Waals surface area contributed by atoms with Crippen LogP contribution in [0.25, 0.3) is 16.5 Å². The summed E-state index contributed by atoms with van der Waals surface area (Å²) in [6.45, 7) is 6.44. The molecule has 0 saturated heterocycles. The van der Waals surface area contributed by atoms with E-state index in [1.807, 2.05) is 12.1 Å². The van der Waals surface area contributed by atoms with Crippen LogP contribution in [0.3, 0.4) is 0 Å². The number of H-pyrrole nitrogens is 1. The quantitative estimate of drug-likeness (QED) is 0.669. The van der Waals surface area contributed by atoms with Crippen molar-refractivity contribution in [3.8, 4) is 6.07 Å². The molecule has 0 unspecified atom stereocenters. The molecule has 0 saturated carbocycles. The molecule has 0 bridgehead atoms. The number of nitriles is 1. The van der Waals surface area contributed by atoms with E-state index in [0.29, 0.717) is 11.1 Å². The second kappa shape index (κ2) is 5.21. The highest BCUT2D eigenvalue weighted by molar-refractivity contribution is 6.09. The molecule has 0 spiro atoms. The minimum atomic E-state index is -0.261. The number of benzene rings is 2. The first-order valence-corrected chi connectivity index (χ1v) is 8.46. The fourth-order valence-electron chi connectivity index (χ4n) is 3.93. The van der Waals surface area contributed by atoms with Crippen molar-refractivity contribution in [2.75, 3.05) is 0 Å². The highest BCUT2D eigenvalue weighted by Gasteiger charge is 2.38. The summed E-state index contributed by atoms with van der Waals surface area (Å²) in [7, 11) is 0. The van der Waals surface area contributed by atoms with E-state index in [9.17, 15) is 4.79 Å². The molecule has 122 valence electrons. The third-order valence-corrected chi connectivity index (χ3v) is 5.34. The highest BCUT2D eigenvalue weighted by Crippen LogP contribution is 2.48. The molecule has 3 aromatic rings. The van der Waals surface area contributed by atoms with Crippen LogP contribution in [0.15, 0.2) is 36.4 Å². The maximum atomic E-state index is 11.9.